The minimum absolute atomic E-state index is 0.123. The molecule has 7 nitrogen and oxygen atoms in total. The molecule has 0 unspecified atom stereocenters. The SMILES string of the molecule is CCn1cc(C(=O)Nc2cccc(-c3nnnn3C3CC3)c2)c2ccccc21. The van der Waals surface area contributed by atoms with Crippen molar-refractivity contribution in [2.75, 3.05) is 5.32 Å². The Balaban J connectivity index is 1.45. The minimum Gasteiger partial charge on any atom is -0.347 e. The third-order valence-electron chi connectivity index (χ3n) is 5.14. The van der Waals surface area contributed by atoms with Crippen molar-refractivity contribution in [1.29, 1.82) is 0 Å². The number of nitrogens with one attached hydrogen (secondary N) is 1. The van der Waals surface area contributed by atoms with Crippen molar-refractivity contribution < 1.29 is 4.79 Å². The molecule has 2 aromatic heterocycles. The number of aromatic nitrogens is 5. The fraction of sp³-hybridized carbons (Fsp3) is 0.238. The Hall–Kier alpha value is -3.48. The van der Waals surface area contributed by atoms with Crippen molar-refractivity contribution in [2.24, 2.45) is 0 Å². The Morgan fingerprint density at radius 3 is 2.86 bits per heavy atom. The first-order chi connectivity index (χ1) is 13.7. The average Bonchev–Trinajstić information content (AvgIpc) is 3.32. The zero-order chi connectivity index (χ0) is 19.1. The molecule has 0 saturated heterocycles. The van der Waals surface area contributed by atoms with E-state index in [1.165, 1.54) is 0 Å². The van der Waals surface area contributed by atoms with Crippen molar-refractivity contribution in [3.05, 3.63) is 60.3 Å². The van der Waals surface area contributed by atoms with Gasteiger partial charge in [0.15, 0.2) is 5.82 Å². The van der Waals surface area contributed by atoms with Crippen molar-refractivity contribution in [1.82, 2.24) is 24.8 Å². The highest BCUT2D eigenvalue weighted by Crippen LogP contribution is 2.36. The van der Waals surface area contributed by atoms with Crippen molar-refractivity contribution in [2.45, 2.75) is 32.4 Å². The highest BCUT2D eigenvalue weighted by Gasteiger charge is 2.28. The summed E-state index contributed by atoms with van der Waals surface area (Å²) in [6.07, 6.45) is 4.13. The summed E-state index contributed by atoms with van der Waals surface area (Å²) in [5, 5.41) is 16.1. The molecule has 4 aromatic rings. The molecule has 140 valence electrons. The molecule has 0 radical (unpaired) electrons. The Morgan fingerprint density at radius 1 is 1.18 bits per heavy atom. The first-order valence-electron chi connectivity index (χ1n) is 9.52. The minimum atomic E-state index is -0.123. The second kappa shape index (κ2) is 6.60. The van der Waals surface area contributed by atoms with Gasteiger partial charge in [-0.15, -0.1) is 5.10 Å². The Kier molecular flexibility index (Phi) is 3.93. The van der Waals surface area contributed by atoms with E-state index in [1.807, 2.05) is 59.4 Å². The van der Waals surface area contributed by atoms with E-state index in [4.69, 9.17) is 0 Å². The van der Waals surface area contributed by atoms with Crippen LogP contribution in [0.3, 0.4) is 0 Å². The van der Waals surface area contributed by atoms with E-state index in [1.54, 1.807) is 0 Å². The van der Waals surface area contributed by atoms with E-state index >= 15 is 0 Å². The molecule has 0 spiro atoms. The van der Waals surface area contributed by atoms with E-state index < -0.39 is 0 Å². The smallest absolute Gasteiger partial charge is 0.257 e. The number of carbonyl (C=O) groups excluding carboxylic acids is 1. The van der Waals surface area contributed by atoms with Crippen LogP contribution in [0.15, 0.2) is 54.7 Å². The van der Waals surface area contributed by atoms with E-state index in [2.05, 4.69) is 32.3 Å². The van der Waals surface area contributed by atoms with E-state index in [9.17, 15) is 4.79 Å². The quantitative estimate of drug-likeness (QED) is 0.576. The number of tetrazole rings is 1. The molecule has 28 heavy (non-hydrogen) atoms. The lowest BCUT2D eigenvalue weighted by atomic mass is 10.1. The number of para-hydroxylation sites is 1. The van der Waals surface area contributed by atoms with E-state index in [-0.39, 0.29) is 5.91 Å². The second-order valence-electron chi connectivity index (χ2n) is 7.06. The van der Waals surface area contributed by atoms with Crippen molar-refractivity contribution in [3.63, 3.8) is 0 Å². The van der Waals surface area contributed by atoms with Crippen LogP contribution in [-0.4, -0.2) is 30.7 Å². The van der Waals surface area contributed by atoms with Crippen LogP contribution in [0.1, 0.15) is 36.2 Å². The summed E-state index contributed by atoms with van der Waals surface area (Å²) in [7, 11) is 0. The molecule has 5 rings (SSSR count). The summed E-state index contributed by atoms with van der Waals surface area (Å²) in [5.74, 6) is 0.614. The van der Waals surface area contributed by atoms with Crippen LogP contribution in [-0.2, 0) is 6.54 Å². The summed E-state index contributed by atoms with van der Waals surface area (Å²) < 4.78 is 3.96. The van der Waals surface area contributed by atoms with Crippen LogP contribution < -0.4 is 5.32 Å². The van der Waals surface area contributed by atoms with Gasteiger partial charge in [0.25, 0.3) is 5.91 Å². The Labute approximate surface area is 162 Å². The van der Waals surface area contributed by atoms with Crippen molar-refractivity contribution in [3.8, 4) is 11.4 Å². The number of nitrogens with zero attached hydrogens (tertiary/aromatic N) is 5. The predicted molar refractivity (Wildman–Crippen MR) is 107 cm³/mol. The van der Waals surface area contributed by atoms with Crippen LogP contribution in [0.4, 0.5) is 5.69 Å². The molecule has 1 amide bonds. The van der Waals surface area contributed by atoms with E-state index in [0.29, 0.717) is 11.6 Å². The largest absolute Gasteiger partial charge is 0.347 e. The van der Waals surface area contributed by atoms with Gasteiger partial charge in [-0.3, -0.25) is 4.79 Å². The third-order valence-corrected chi connectivity index (χ3v) is 5.14. The van der Waals surface area contributed by atoms with Gasteiger partial charge in [0.05, 0.1) is 11.6 Å². The molecular formula is C21H20N6O. The summed E-state index contributed by atoms with van der Waals surface area (Å²) in [6, 6.07) is 16.0. The molecule has 2 aromatic carbocycles. The number of hydrogen-bond donors (Lipinski definition) is 1. The normalized spacial score (nSPS) is 13.8. The number of rotatable bonds is 5. The molecule has 1 N–H and O–H groups in total. The van der Waals surface area contributed by atoms with E-state index in [0.717, 1.165) is 47.4 Å². The molecule has 1 saturated carbocycles. The lowest BCUT2D eigenvalue weighted by Gasteiger charge is -2.07. The van der Waals surface area contributed by atoms with Gasteiger partial charge in [-0.1, -0.05) is 30.3 Å². The molecule has 0 bridgehead atoms. The molecular weight excluding hydrogens is 352 g/mol. The second-order valence-corrected chi connectivity index (χ2v) is 7.06. The monoisotopic (exact) mass is 372 g/mol. The van der Waals surface area contributed by atoms with Gasteiger partial charge in [0.1, 0.15) is 0 Å². The molecule has 1 fully saturated rings. The number of benzene rings is 2. The maximum absolute atomic E-state index is 13.0. The molecule has 1 aliphatic rings. The van der Waals surface area contributed by atoms with Crippen LogP contribution in [0, 0.1) is 0 Å². The van der Waals surface area contributed by atoms with Crippen LogP contribution in [0.25, 0.3) is 22.3 Å². The number of amides is 1. The van der Waals surface area contributed by atoms with Gasteiger partial charge < -0.3 is 9.88 Å². The standard InChI is InChI=1S/C21H20N6O/c1-2-26-13-18(17-8-3-4-9-19(17)26)21(28)22-15-7-5-6-14(12-15)20-23-24-25-27(20)16-10-11-16/h3-9,12-13,16H,2,10-11H2,1H3,(H,22,28). The number of carbonyl (C=O) groups is 1. The number of aryl methyl sites for hydroxylation is 1. The fourth-order valence-electron chi connectivity index (χ4n) is 3.57. The highest BCUT2D eigenvalue weighted by molar-refractivity contribution is 6.13. The Bertz CT molecular complexity index is 1170. The number of hydrogen-bond acceptors (Lipinski definition) is 4. The predicted octanol–water partition coefficient (Wildman–Crippen LogP) is 3.90. The van der Waals surface area contributed by atoms with Crippen LogP contribution >= 0.6 is 0 Å². The Morgan fingerprint density at radius 2 is 2.04 bits per heavy atom. The highest BCUT2D eigenvalue weighted by atomic mass is 16.1. The van der Waals surface area contributed by atoms with Gasteiger partial charge in [-0.05, 0) is 48.4 Å². The number of anilines is 1. The maximum Gasteiger partial charge on any atom is 0.257 e. The maximum atomic E-state index is 13.0. The first kappa shape index (κ1) is 16.7. The molecule has 2 heterocycles. The zero-order valence-electron chi connectivity index (χ0n) is 15.5. The van der Waals surface area contributed by atoms with Crippen LogP contribution in [0.5, 0.6) is 0 Å². The van der Waals surface area contributed by atoms with Gasteiger partial charge >= 0.3 is 0 Å². The molecule has 1 aliphatic carbocycles. The van der Waals surface area contributed by atoms with Gasteiger partial charge in [-0.25, -0.2) is 4.68 Å². The van der Waals surface area contributed by atoms with Crippen molar-refractivity contribution >= 4 is 22.5 Å². The fourth-order valence-corrected chi connectivity index (χ4v) is 3.57. The molecule has 7 heteroatoms. The van der Waals surface area contributed by atoms with Gasteiger partial charge in [0, 0.05) is 34.9 Å². The van der Waals surface area contributed by atoms with Gasteiger partial charge in [-0.2, -0.15) is 0 Å². The third kappa shape index (κ3) is 2.85. The van der Waals surface area contributed by atoms with Gasteiger partial charge in [0.2, 0.25) is 0 Å². The summed E-state index contributed by atoms with van der Waals surface area (Å²) in [5.41, 5.74) is 3.35. The molecule has 0 aliphatic heterocycles. The summed E-state index contributed by atoms with van der Waals surface area (Å²) >= 11 is 0. The first-order valence-corrected chi connectivity index (χ1v) is 9.52. The average molecular weight is 372 g/mol. The zero-order valence-corrected chi connectivity index (χ0v) is 15.5. The molecule has 0 atom stereocenters. The summed E-state index contributed by atoms with van der Waals surface area (Å²) in [6.45, 7) is 2.88. The van der Waals surface area contributed by atoms with Crippen LogP contribution in [0.2, 0.25) is 0 Å². The lowest BCUT2D eigenvalue weighted by molar-refractivity contribution is 0.102. The lowest BCUT2D eigenvalue weighted by Crippen LogP contribution is -2.11. The number of fused-ring (bicyclic) bond motifs is 1. The summed E-state index contributed by atoms with van der Waals surface area (Å²) in [4.78, 5) is 13.0. The topological polar surface area (TPSA) is 77.6 Å².